The Balaban J connectivity index is 1.53. The third kappa shape index (κ3) is 5.19. The fourth-order valence-electron chi connectivity index (χ4n) is 3.69. The van der Waals surface area contributed by atoms with Gasteiger partial charge in [-0.25, -0.2) is 4.98 Å². The number of nitrogens with one attached hydrogen (secondary N) is 1. The maximum absolute atomic E-state index is 12.7. The summed E-state index contributed by atoms with van der Waals surface area (Å²) >= 11 is 0. The van der Waals surface area contributed by atoms with Crippen LogP contribution in [0.1, 0.15) is 20.7 Å². The van der Waals surface area contributed by atoms with Crippen molar-refractivity contribution in [2.75, 3.05) is 45.2 Å². The summed E-state index contributed by atoms with van der Waals surface area (Å²) < 4.78 is 5.31. The van der Waals surface area contributed by atoms with Gasteiger partial charge in [-0.1, -0.05) is 24.3 Å². The van der Waals surface area contributed by atoms with Gasteiger partial charge in [-0.3, -0.25) is 9.59 Å². The number of hydrogen-bond donors (Lipinski definition) is 3. The molecule has 1 aliphatic rings. The highest BCUT2D eigenvalue weighted by Crippen LogP contribution is 2.30. The van der Waals surface area contributed by atoms with Crippen LogP contribution >= 0.6 is 0 Å². The first kappa shape index (κ1) is 22.4. The van der Waals surface area contributed by atoms with Crippen molar-refractivity contribution < 1.29 is 19.4 Å². The fourth-order valence-corrected chi connectivity index (χ4v) is 3.69. The number of morpholine rings is 1. The maximum atomic E-state index is 12.7. The minimum Gasteiger partial charge on any atom is -0.395 e. The molecular weight excluding hydrogens is 420 g/mol. The van der Waals surface area contributed by atoms with Gasteiger partial charge in [0.15, 0.2) is 0 Å². The summed E-state index contributed by atoms with van der Waals surface area (Å²) in [5, 5.41) is 11.5. The predicted molar refractivity (Wildman–Crippen MR) is 126 cm³/mol. The average Bonchev–Trinajstić information content (AvgIpc) is 2.88. The largest absolute Gasteiger partial charge is 0.395 e. The first-order valence-corrected chi connectivity index (χ1v) is 10.8. The van der Waals surface area contributed by atoms with Crippen LogP contribution in [0.25, 0.3) is 22.3 Å². The Morgan fingerprint density at radius 3 is 2.27 bits per heavy atom. The first-order chi connectivity index (χ1) is 16.1. The molecule has 0 saturated carbocycles. The van der Waals surface area contributed by atoms with Crippen LogP contribution in [0.3, 0.4) is 0 Å². The number of pyridine rings is 1. The van der Waals surface area contributed by atoms with Gasteiger partial charge in [0.05, 0.1) is 19.8 Å². The number of carbonyl (C=O) groups excluding carboxylic acids is 2. The Labute approximate surface area is 192 Å². The minimum absolute atomic E-state index is 0.00378. The van der Waals surface area contributed by atoms with Gasteiger partial charge >= 0.3 is 0 Å². The molecule has 1 saturated heterocycles. The van der Waals surface area contributed by atoms with Gasteiger partial charge in [0.1, 0.15) is 5.82 Å². The van der Waals surface area contributed by atoms with Gasteiger partial charge in [0.25, 0.3) is 11.8 Å². The van der Waals surface area contributed by atoms with Crippen molar-refractivity contribution in [3.05, 3.63) is 71.9 Å². The zero-order valence-corrected chi connectivity index (χ0v) is 18.2. The Bertz CT molecular complexity index is 1120. The lowest BCUT2D eigenvalue weighted by molar-refractivity contribution is 0.0303. The van der Waals surface area contributed by atoms with E-state index in [4.69, 9.17) is 15.6 Å². The van der Waals surface area contributed by atoms with E-state index in [1.807, 2.05) is 42.5 Å². The number of ether oxygens (including phenoxy) is 1. The van der Waals surface area contributed by atoms with Crippen molar-refractivity contribution in [2.24, 2.45) is 0 Å². The number of amides is 2. The number of benzene rings is 2. The Morgan fingerprint density at radius 1 is 0.970 bits per heavy atom. The SMILES string of the molecule is Nc1ncc(-c2ccc(C(=O)N3CCOCC3)cc2)cc1-c1ccc(C(=O)NCCO)cc1. The third-order valence-corrected chi connectivity index (χ3v) is 5.54. The van der Waals surface area contributed by atoms with E-state index in [2.05, 4.69) is 10.3 Å². The number of nitrogens with two attached hydrogens (primary N) is 1. The van der Waals surface area contributed by atoms with Gasteiger partial charge in [-0.05, 0) is 41.5 Å². The van der Waals surface area contributed by atoms with E-state index in [1.54, 1.807) is 23.2 Å². The minimum atomic E-state index is -0.248. The molecule has 2 aromatic carbocycles. The molecular formula is C25H26N4O4. The molecule has 2 heterocycles. The van der Waals surface area contributed by atoms with Gasteiger partial charge in [-0.2, -0.15) is 0 Å². The molecule has 0 spiro atoms. The molecule has 0 atom stereocenters. The van der Waals surface area contributed by atoms with Gasteiger partial charge < -0.3 is 25.8 Å². The van der Waals surface area contributed by atoms with Crippen LogP contribution in [0, 0.1) is 0 Å². The second-order valence-electron chi connectivity index (χ2n) is 7.70. The molecule has 2 amide bonds. The lowest BCUT2D eigenvalue weighted by Crippen LogP contribution is -2.40. The summed E-state index contributed by atoms with van der Waals surface area (Å²) in [6, 6.07) is 16.4. The van der Waals surface area contributed by atoms with E-state index in [9.17, 15) is 9.59 Å². The van der Waals surface area contributed by atoms with Crippen LogP contribution in [0.4, 0.5) is 5.82 Å². The molecule has 1 fully saturated rings. The van der Waals surface area contributed by atoms with Crippen molar-refractivity contribution in [2.45, 2.75) is 0 Å². The summed E-state index contributed by atoms with van der Waals surface area (Å²) in [5.41, 5.74) is 10.6. The highest BCUT2D eigenvalue weighted by molar-refractivity contribution is 5.95. The Kier molecular flexibility index (Phi) is 6.97. The Hall–Kier alpha value is -3.75. The molecule has 170 valence electrons. The molecule has 0 aliphatic carbocycles. The van der Waals surface area contributed by atoms with Crippen LogP contribution in [0.5, 0.6) is 0 Å². The van der Waals surface area contributed by atoms with Crippen molar-refractivity contribution in [3.63, 3.8) is 0 Å². The standard InChI is InChI=1S/C25H26N4O4/c26-23-22(18-3-5-19(6-4-18)24(31)27-9-12-30)15-21(16-28-23)17-1-7-20(8-2-17)25(32)29-10-13-33-14-11-29/h1-8,15-16,30H,9-14H2,(H2,26,28)(H,27,31). The number of aromatic nitrogens is 1. The summed E-state index contributed by atoms with van der Waals surface area (Å²) in [6.07, 6.45) is 1.70. The van der Waals surface area contributed by atoms with E-state index in [1.165, 1.54) is 0 Å². The lowest BCUT2D eigenvalue weighted by Gasteiger charge is -2.26. The highest BCUT2D eigenvalue weighted by Gasteiger charge is 2.18. The normalized spacial score (nSPS) is 13.5. The monoisotopic (exact) mass is 446 g/mol. The van der Waals surface area contributed by atoms with Crippen LogP contribution in [-0.4, -0.2) is 66.3 Å². The molecule has 8 nitrogen and oxygen atoms in total. The second kappa shape index (κ2) is 10.2. The molecule has 4 N–H and O–H groups in total. The summed E-state index contributed by atoms with van der Waals surface area (Å²) in [5.74, 6) is 0.140. The predicted octanol–water partition coefficient (Wildman–Crippen LogP) is 2.19. The van der Waals surface area contributed by atoms with E-state index in [0.29, 0.717) is 43.2 Å². The molecule has 33 heavy (non-hydrogen) atoms. The molecule has 0 radical (unpaired) electrons. The van der Waals surface area contributed by atoms with Crippen LogP contribution in [0.2, 0.25) is 0 Å². The number of hydrogen-bond acceptors (Lipinski definition) is 6. The topological polar surface area (TPSA) is 118 Å². The zero-order valence-electron chi connectivity index (χ0n) is 18.2. The first-order valence-electron chi connectivity index (χ1n) is 10.8. The average molecular weight is 447 g/mol. The van der Waals surface area contributed by atoms with Crippen LogP contribution in [0.15, 0.2) is 60.8 Å². The van der Waals surface area contributed by atoms with E-state index < -0.39 is 0 Å². The van der Waals surface area contributed by atoms with Crippen molar-refractivity contribution >= 4 is 17.6 Å². The maximum Gasteiger partial charge on any atom is 0.254 e. The molecule has 1 aromatic heterocycles. The number of aliphatic hydroxyl groups excluding tert-OH is 1. The Morgan fingerprint density at radius 2 is 1.61 bits per heavy atom. The quantitative estimate of drug-likeness (QED) is 0.534. The fraction of sp³-hybridized carbons (Fsp3) is 0.240. The van der Waals surface area contributed by atoms with Crippen molar-refractivity contribution in [1.29, 1.82) is 0 Å². The van der Waals surface area contributed by atoms with Gasteiger partial charge in [0, 0.05) is 48.1 Å². The van der Waals surface area contributed by atoms with E-state index >= 15 is 0 Å². The summed E-state index contributed by atoms with van der Waals surface area (Å²) in [7, 11) is 0. The molecule has 1 aliphatic heterocycles. The smallest absolute Gasteiger partial charge is 0.254 e. The van der Waals surface area contributed by atoms with Gasteiger partial charge in [0.2, 0.25) is 0 Å². The number of nitrogens with zero attached hydrogens (tertiary/aromatic N) is 2. The van der Waals surface area contributed by atoms with E-state index in [0.717, 1.165) is 22.3 Å². The number of nitrogen functional groups attached to an aromatic ring is 1. The molecule has 3 aromatic rings. The zero-order chi connectivity index (χ0) is 23.2. The third-order valence-electron chi connectivity index (χ3n) is 5.54. The second-order valence-corrected chi connectivity index (χ2v) is 7.70. The number of anilines is 1. The molecule has 0 unspecified atom stereocenters. The van der Waals surface area contributed by atoms with Crippen LogP contribution < -0.4 is 11.1 Å². The molecule has 0 bridgehead atoms. The van der Waals surface area contributed by atoms with Crippen molar-refractivity contribution in [3.8, 4) is 22.3 Å². The number of rotatable bonds is 6. The van der Waals surface area contributed by atoms with Crippen LogP contribution in [-0.2, 0) is 4.74 Å². The number of aliphatic hydroxyl groups is 1. The summed E-state index contributed by atoms with van der Waals surface area (Å²) in [6.45, 7) is 2.44. The molecule has 4 rings (SSSR count). The van der Waals surface area contributed by atoms with E-state index in [-0.39, 0.29) is 25.0 Å². The summed E-state index contributed by atoms with van der Waals surface area (Å²) in [4.78, 5) is 30.9. The van der Waals surface area contributed by atoms with Gasteiger partial charge in [-0.15, -0.1) is 0 Å². The highest BCUT2D eigenvalue weighted by atomic mass is 16.5. The van der Waals surface area contributed by atoms with Crippen molar-refractivity contribution in [1.82, 2.24) is 15.2 Å². The molecule has 8 heteroatoms. The lowest BCUT2D eigenvalue weighted by atomic mass is 9.99. The number of carbonyl (C=O) groups is 2.